The fourth-order valence-corrected chi connectivity index (χ4v) is 2.81. The van der Waals surface area contributed by atoms with Crippen LogP contribution in [0.5, 0.6) is 0 Å². The quantitative estimate of drug-likeness (QED) is 0.380. The maximum atomic E-state index is 12.4. The van der Waals surface area contributed by atoms with Crippen LogP contribution < -0.4 is 0 Å². The molecule has 0 aliphatic rings. The zero-order chi connectivity index (χ0) is 16.4. The van der Waals surface area contributed by atoms with Crippen molar-refractivity contribution in [2.45, 2.75) is 0 Å². The van der Waals surface area contributed by atoms with Gasteiger partial charge in [-0.15, -0.1) is 0 Å². The molecule has 0 N–H and O–H groups in total. The van der Waals surface area contributed by atoms with Crippen LogP contribution >= 0.6 is 0 Å². The molecule has 4 rings (SSSR count). The van der Waals surface area contributed by atoms with Crippen LogP contribution in [0.3, 0.4) is 0 Å². The highest BCUT2D eigenvalue weighted by atomic mass is 16.1. The highest BCUT2D eigenvalue weighted by Gasteiger charge is 2.03. The third kappa shape index (κ3) is 2.82. The first kappa shape index (κ1) is 14.3. The average Bonchev–Trinajstić information content (AvgIpc) is 2.65. The Bertz CT molecular complexity index is 1080. The number of aromatic nitrogens is 1. The Morgan fingerprint density at radius 2 is 1.62 bits per heavy atom. The van der Waals surface area contributed by atoms with Crippen molar-refractivity contribution in [2.75, 3.05) is 0 Å². The minimum absolute atomic E-state index is 0.00652. The van der Waals surface area contributed by atoms with E-state index in [9.17, 15) is 4.79 Å². The number of allylic oxidation sites excluding steroid dienone is 1. The van der Waals surface area contributed by atoms with Crippen molar-refractivity contribution >= 4 is 33.5 Å². The van der Waals surface area contributed by atoms with Crippen LogP contribution in [0, 0.1) is 0 Å². The number of nitrogens with zero attached hydrogens (tertiary/aromatic N) is 1. The van der Waals surface area contributed by atoms with E-state index >= 15 is 0 Å². The minimum Gasteiger partial charge on any atom is -0.289 e. The summed E-state index contributed by atoms with van der Waals surface area (Å²) >= 11 is 0. The van der Waals surface area contributed by atoms with Gasteiger partial charge in [0.05, 0.1) is 5.52 Å². The lowest BCUT2D eigenvalue weighted by Gasteiger charge is -2.01. The van der Waals surface area contributed by atoms with Crippen molar-refractivity contribution in [2.24, 2.45) is 0 Å². The first-order chi connectivity index (χ1) is 11.8. The number of fused-ring (bicyclic) bond motifs is 2. The van der Waals surface area contributed by atoms with Gasteiger partial charge in [-0.3, -0.25) is 9.78 Å². The maximum absolute atomic E-state index is 12.4. The zero-order valence-electron chi connectivity index (χ0n) is 13.0. The highest BCUT2D eigenvalue weighted by molar-refractivity contribution is 6.08. The van der Waals surface area contributed by atoms with Gasteiger partial charge in [-0.25, -0.2) is 0 Å². The summed E-state index contributed by atoms with van der Waals surface area (Å²) in [6, 6.07) is 23.7. The van der Waals surface area contributed by atoms with Crippen LogP contribution in [0.25, 0.3) is 27.8 Å². The van der Waals surface area contributed by atoms with Crippen LogP contribution in [-0.2, 0) is 0 Å². The molecule has 1 aromatic heterocycles. The normalized spacial score (nSPS) is 11.3. The maximum Gasteiger partial charge on any atom is 0.185 e. The van der Waals surface area contributed by atoms with Crippen molar-refractivity contribution in [3.63, 3.8) is 0 Å². The number of pyridine rings is 1. The lowest BCUT2D eigenvalue weighted by Crippen LogP contribution is -1.93. The molecule has 3 aromatic carbocycles. The van der Waals surface area contributed by atoms with Gasteiger partial charge in [-0.1, -0.05) is 54.6 Å². The van der Waals surface area contributed by atoms with Gasteiger partial charge >= 0.3 is 0 Å². The highest BCUT2D eigenvalue weighted by Crippen LogP contribution is 2.17. The summed E-state index contributed by atoms with van der Waals surface area (Å²) in [6.07, 6.45) is 5.26. The smallest absolute Gasteiger partial charge is 0.185 e. The van der Waals surface area contributed by atoms with E-state index in [1.165, 1.54) is 0 Å². The van der Waals surface area contributed by atoms with E-state index in [0.29, 0.717) is 5.56 Å². The standard InChI is InChI=1S/C22H15NO/c24-22(20-10-9-17-4-1-2-5-18(17)15-20)12-8-16-7-11-21-19(14-16)6-3-13-23-21/h1-15H/b12-8+. The van der Waals surface area contributed by atoms with Gasteiger partial charge in [0.1, 0.15) is 0 Å². The fourth-order valence-electron chi connectivity index (χ4n) is 2.81. The van der Waals surface area contributed by atoms with Crippen molar-refractivity contribution in [1.29, 1.82) is 0 Å². The topological polar surface area (TPSA) is 30.0 Å². The number of carbonyl (C=O) groups excluding carboxylic acids is 1. The summed E-state index contributed by atoms with van der Waals surface area (Å²) in [6.45, 7) is 0. The van der Waals surface area contributed by atoms with E-state index in [1.807, 2.05) is 78.9 Å². The van der Waals surface area contributed by atoms with Gasteiger partial charge in [0, 0.05) is 17.1 Å². The second-order valence-corrected chi connectivity index (χ2v) is 5.72. The molecule has 0 radical (unpaired) electrons. The van der Waals surface area contributed by atoms with Crippen molar-refractivity contribution in [3.8, 4) is 0 Å². The van der Waals surface area contributed by atoms with E-state index in [4.69, 9.17) is 0 Å². The Morgan fingerprint density at radius 3 is 2.54 bits per heavy atom. The number of benzene rings is 3. The number of hydrogen-bond acceptors (Lipinski definition) is 2. The molecule has 0 amide bonds. The lowest BCUT2D eigenvalue weighted by molar-refractivity contribution is 0.104. The largest absolute Gasteiger partial charge is 0.289 e. The molecular formula is C22H15NO. The fraction of sp³-hybridized carbons (Fsp3) is 0. The Hall–Kier alpha value is -3.26. The summed E-state index contributed by atoms with van der Waals surface area (Å²) in [7, 11) is 0. The van der Waals surface area contributed by atoms with Gasteiger partial charge in [-0.2, -0.15) is 0 Å². The molecule has 0 atom stereocenters. The van der Waals surface area contributed by atoms with E-state index < -0.39 is 0 Å². The molecular weight excluding hydrogens is 294 g/mol. The first-order valence-corrected chi connectivity index (χ1v) is 7.86. The van der Waals surface area contributed by atoms with Gasteiger partial charge in [0.25, 0.3) is 0 Å². The van der Waals surface area contributed by atoms with Crippen LogP contribution in [-0.4, -0.2) is 10.8 Å². The number of ketones is 1. The Labute approximate surface area is 140 Å². The minimum atomic E-state index is 0.00652. The lowest BCUT2D eigenvalue weighted by atomic mass is 10.0. The summed E-state index contributed by atoms with van der Waals surface area (Å²) in [4.78, 5) is 16.7. The predicted molar refractivity (Wildman–Crippen MR) is 99.1 cm³/mol. The van der Waals surface area contributed by atoms with Crippen LogP contribution in [0.2, 0.25) is 0 Å². The molecule has 0 saturated heterocycles. The van der Waals surface area contributed by atoms with E-state index in [0.717, 1.165) is 27.2 Å². The Kier molecular flexibility index (Phi) is 3.64. The van der Waals surface area contributed by atoms with Crippen molar-refractivity contribution in [3.05, 3.63) is 96.2 Å². The monoisotopic (exact) mass is 309 g/mol. The second kappa shape index (κ2) is 6.09. The molecule has 0 spiro atoms. The molecule has 0 saturated carbocycles. The van der Waals surface area contributed by atoms with Gasteiger partial charge in [-0.05, 0) is 46.7 Å². The Balaban J connectivity index is 1.62. The molecule has 2 nitrogen and oxygen atoms in total. The molecule has 1 heterocycles. The zero-order valence-corrected chi connectivity index (χ0v) is 13.0. The second-order valence-electron chi connectivity index (χ2n) is 5.72. The number of hydrogen-bond donors (Lipinski definition) is 0. The Morgan fingerprint density at radius 1 is 0.792 bits per heavy atom. The molecule has 0 aliphatic heterocycles. The number of carbonyl (C=O) groups is 1. The number of rotatable bonds is 3. The third-order valence-corrected chi connectivity index (χ3v) is 4.09. The van der Waals surface area contributed by atoms with Crippen LogP contribution in [0.15, 0.2) is 85.1 Å². The van der Waals surface area contributed by atoms with Gasteiger partial charge in [0.2, 0.25) is 0 Å². The SMILES string of the molecule is O=C(/C=C/c1ccc2ncccc2c1)c1ccc2ccccc2c1. The van der Waals surface area contributed by atoms with E-state index in [-0.39, 0.29) is 5.78 Å². The molecule has 114 valence electrons. The van der Waals surface area contributed by atoms with E-state index in [1.54, 1.807) is 12.3 Å². The summed E-state index contributed by atoms with van der Waals surface area (Å²) in [5, 5.41) is 3.28. The van der Waals surface area contributed by atoms with Crippen molar-refractivity contribution < 1.29 is 4.79 Å². The molecule has 24 heavy (non-hydrogen) atoms. The first-order valence-electron chi connectivity index (χ1n) is 7.86. The average molecular weight is 309 g/mol. The molecule has 4 aromatic rings. The molecule has 2 heteroatoms. The molecule has 0 aliphatic carbocycles. The van der Waals surface area contributed by atoms with Gasteiger partial charge < -0.3 is 0 Å². The molecule has 0 unspecified atom stereocenters. The van der Waals surface area contributed by atoms with E-state index in [2.05, 4.69) is 4.98 Å². The third-order valence-electron chi connectivity index (χ3n) is 4.09. The summed E-state index contributed by atoms with van der Waals surface area (Å²) < 4.78 is 0. The van der Waals surface area contributed by atoms with Gasteiger partial charge in [0.15, 0.2) is 5.78 Å². The summed E-state index contributed by atoms with van der Waals surface area (Å²) in [5.74, 6) is 0.00652. The van der Waals surface area contributed by atoms with Crippen LogP contribution in [0.4, 0.5) is 0 Å². The predicted octanol–water partition coefficient (Wildman–Crippen LogP) is 5.28. The molecule has 0 fully saturated rings. The van der Waals surface area contributed by atoms with Crippen molar-refractivity contribution in [1.82, 2.24) is 4.98 Å². The molecule has 0 bridgehead atoms. The summed E-state index contributed by atoms with van der Waals surface area (Å²) in [5.41, 5.74) is 2.65. The van der Waals surface area contributed by atoms with Crippen LogP contribution in [0.1, 0.15) is 15.9 Å².